The molecule has 0 aliphatic carbocycles. The van der Waals surface area contributed by atoms with Gasteiger partial charge in [-0.05, 0) is 45.0 Å². The van der Waals surface area contributed by atoms with Gasteiger partial charge in [0, 0.05) is 18.1 Å². The van der Waals surface area contributed by atoms with Crippen LogP contribution in [0.25, 0.3) is 10.9 Å². The molecule has 1 aromatic heterocycles. The van der Waals surface area contributed by atoms with E-state index < -0.39 is 52.3 Å². The van der Waals surface area contributed by atoms with E-state index in [1.54, 1.807) is 0 Å². The summed E-state index contributed by atoms with van der Waals surface area (Å²) in [6.45, 7) is 4.21. The number of aromatic amines is 1. The summed E-state index contributed by atoms with van der Waals surface area (Å²) in [6.07, 6.45) is -0.346. The number of halogens is 3. The number of nitrogens with zero attached hydrogens (tertiary/aromatic N) is 1. The largest absolute Gasteiger partial charge is 0.390 e. The third kappa shape index (κ3) is 4.91. The lowest BCUT2D eigenvalue weighted by atomic mass is 9.97. The van der Waals surface area contributed by atoms with Crippen LogP contribution < -0.4 is 16.6 Å². The molecule has 0 aliphatic heterocycles. The molecule has 0 saturated carbocycles. The van der Waals surface area contributed by atoms with E-state index in [4.69, 9.17) is 0 Å². The van der Waals surface area contributed by atoms with Crippen molar-refractivity contribution in [1.82, 2.24) is 14.9 Å². The smallest absolute Gasteiger partial charge is 0.329 e. The maximum absolute atomic E-state index is 14.1. The summed E-state index contributed by atoms with van der Waals surface area (Å²) in [5, 5.41) is 12.6. The standard InChI is InChI=1S/C22H22F3N3O4/c1-11(14-6-4-13(24)9-16(14)25)26-19(29)18(10-22(2,3)32)28-20(30)15-8-12(23)5-7-17(15)27-21(28)31/h4-9,11,18,32H,10H2,1-3H3,(H,26,29)(H,27,31)/t11-,18+/m0/s1. The maximum Gasteiger partial charge on any atom is 0.329 e. The second-order valence-electron chi connectivity index (χ2n) is 8.22. The highest BCUT2D eigenvalue weighted by Gasteiger charge is 2.32. The minimum Gasteiger partial charge on any atom is -0.390 e. The maximum atomic E-state index is 14.1. The molecule has 0 unspecified atom stereocenters. The highest BCUT2D eigenvalue weighted by Crippen LogP contribution is 2.23. The molecule has 0 fully saturated rings. The molecule has 3 N–H and O–H groups in total. The second-order valence-corrected chi connectivity index (χ2v) is 8.22. The normalized spacial score (nSPS) is 13.7. The van der Waals surface area contributed by atoms with E-state index in [2.05, 4.69) is 10.3 Å². The second kappa shape index (κ2) is 8.62. The number of fused-ring (bicyclic) bond motifs is 1. The van der Waals surface area contributed by atoms with Gasteiger partial charge in [-0.2, -0.15) is 0 Å². The molecule has 3 aromatic rings. The van der Waals surface area contributed by atoms with Crippen molar-refractivity contribution in [2.24, 2.45) is 0 Å². The van der Waals surface area contributed by atoms with Crippen molar-refractivity contribution in [2.45, 2.75) is 44.9 Å². The molecule has 2 aromatic carbocycles. The Bertz CT molecular complexity index is 1290. The Labute approximate surface area is 180 Å². The molecule has 7 nitrogen and oxygen atoms in total. The Balaban J connectivity index is 2.06. The molecule has 0 radical (unpaired) electrons. The third-order valence-electron chi connectivity index (χ3n) is 4.99. The fourth-order valence-electron chi connectivity index (χ4n) is 3.50. The summed E-state index contributed by atoms with van der Waals surface area (Å²) in [6, 6.07) is 3.65. The van der Waals surface area contributed by atoms with Crippen LogP contribution in [0.4, 0.5) is 13.2 Å². The number of hydrogen-bond donors (Lipinski definition) is 3. The quantitative estimate of drug-likeness (QED) is 0.538. The molecule has 0 spiro atoms. The lowest BCUT2D eigenvalue weighted by Gasteiger charge is -2.27. The first kappa shape index (κ1) is 23.3. The zero-order valence-electron chi connectivity index (χ0n) is 17.6. The van der Waals surface area contributed by atoms with Crippen LogP contribution in [-0.2, 0) is 4.79 Å². The van der Waals surface area contributed by atoms with E-state index in [-0.39, 0.29) is 22.9 Å². The van der Waals surface area contributed by atoms with Gasteiger partial charge in [0.25, 0.3) is 5.56 Å². The van der Waals surface area contributed by atoms with Gasteiger partial charge < -0.3 is 15.4 Å². The molecule has 1 heterocycles. The van der Waals surface area contributed by atoms with E-state index in [0.717, 1.165) is 18.2 Å². The highest BCUT2D eigenvalue weighted by molar-refractivity contribution is 5.82. The molecule has 0 aliphatic rings. The molecular weight excluding hydrogens is 427 g/mol. The van der Waals surface area contributed by atoms with E-state index >= 15 is 0 Å². The first-order chi connectivity index (χ1) is 14.9. The fourth-order valence-corrected chi connectivity index (χ4v) is 3.50. The summed E-state index contributed by atoms with van der Waals surface area (Å²) in [7, 11) is 0. The molecular formula is C22H22F3N3O4. The zero-order valence-corrected chi connectivity index (χ0v) is 17.6. The van der Waals surface area contributed by atoms with Gasteiger partial charge >= 0.3 is 5.69 Å². The summed E-state index contributed by atoms with van der Waals surface area (Å²) in [4.78, 5) is 41.2. The number of rotatable bonds is 6. The topological polar surface area (TPSA) is 104 Å². The molecule has 32 heavy (non-hydrogen) atoms. The molecule has 2 atom stereocenters. The van der Waals surface area contributed by atoms with Crippen molar-refractivity contribution >= 4 is 16.8 Å². The third-order valence-corrected chi connectivity index (χ3v) is 4.99. The van der Waals surface area contributed by atoms with Gasteiger partial charge in [0.15, 0.2) is 0 Å². The fraction of sp³-hybridized carbons (Fsp3) is 0.318. The number of hydrogen-bond acceptors (Lipinski definition) is 4. The van der Waals surface area contributed by atoms with Gasteiger partial charge in [0.1, 0.15) is 23.5 Å². The lowest BCUT2D eigenvalue weighted by Crippen LogP contribution is -2.47. The average Bonchev–Trinajstić information content (AvgIpc) is 2.66. The number of aromatic nitrogens is 2. The Morgan fingerprint density at radius 3 is 2.38 bits per heavy atom. The van der Waals surface area contributed by atoms with Crippen LogP contribution in [-0.4, -0.2) is 26.2 Å². The molecule has 1 amide bonds. The van der Waals surface area contributed by atoms with Gasteiger partial charge in [-0.1, -0.05) is 6.07 Å². The molecule has 10 heteroatoms. The van der Waals surface area contributed by atoms with Crippen LogP contribution in [0.1, 0.15) is 44.8 Å². The Hall–Kier alpha value is -3.40. The minimum absolute atomic E-state index is 0.0106. The van der Waals surface area contributed by atoms with Gasteiger partial charge in [-0.15, -0.1) is 0 Å². The van der Waals surface area contributed by atoms with Crippen LogP contribution in [0.15, 0.2) is 46.0 Å². The molecule has 3 rings (SSSR count). The summed E-state index contributed by atoms with van der Waals surface area (Å²) in [5.41, 5.74) is -3.26. The van der Waals surface area contributed by atoms with Crippen LogP contribution in [0.5, 0.6) is 0 Å². The van der Waals surface area contributed by atoms with E-state index in [1.165, 1.54) is 32.9 Å². The molecule has 0 saturated heterocycles. The zero-order chi connectivity index (χ0) is 23.8. The minimum atomic E-state index is -1.50. The summed E-state index contributed by atoms with van der Waals surface area (Å²) >= 11 is 0. The number of aliphatic hydroxyl groups is 1. The SMILES string of the molecule is C[C@H](NC(=O)[C@@H](CC(C)(C)O)n1c(=O)[nH]c2ccc(F)cc2c1=O)c1ccc(F)cc1F. The first-order valence-electron chi connectivity index (χ1n) is 9.79. The molecule has 170 valence electrons. The van der Waals surface area contributed by atoms with E-state index in [9.17, 15) is 32.7 Å². The number of nitrogens with one attached hydrogen (secondary N) is 2. The van der Waals surface area contributed by atoms with Crippen molar-refractivity contribution in [2.75, 3.05) is 0 Å². The van der Waals surface area contributed by atoms with Gasteiger partial charge in [-0.25, -0.2) is 22.5 Å². The summed E-state index contributed by atoms with van der Waals surface area (Å²) < 4.78 is 41.6. The van der Waals surface area contributed by atoms with Crippen molar-refractivity contribution < 1.29 is 23.1 Å². The Morgan fingerprint density at radius 1 is 1.12 bits per heavy atom. The van der Waals surface area contributed by atoms with E-state index in [0.29, 0.717) is 10.6 Å². The van der Waals surface area contributed by atoms with Crippen molar-refractivity contribution in [3.05, 3.63) is 80.3 Å². The number of H-pyrrole nitrogens is 1. The molecule has 0 bridgehead atoms. The van der Waals surface area contributed by atoms with Crippen molar-refractivity contribution in [3.8, 4) is 0 Å². The van der Waals surface area contributed by atoms with Crippen LogP contribution in [0, 0.1) is 17.5 Å². The van der Waals surface area contributed by atoms with Crippen LogP contribution >= 0.6 is 0 Å². The van der Waals surface area contributed by atoms with Crippen LogP contribution in [0.3, 0.4) is 0 Å². The predicted octanol–water partition coefficient (Wildman–Crippen LogP) is 2.69. The van der Waals surface area contributed by atoms with Crippen LogP contribution in [0.2, 0.25) is 0 Å². The van der Waals surface area contributed by atoms with Crippen molar-refractivity contribution in [3.63, 3.8) is 0 Å². The number of amides is 1. The number of benzene rings is 2. The Kier molecular flexibility index (Phi) is 6.27. The predicted molar refractivity (Wildman–Crippen MR) is 112 cm³/mol. The van der Waals surface area contributed by atoms with Gasteiger partial charge in [0.05, 0.1) is 22.5 Å². The van der Waals surface area contributed by atoms with Gasteiger partial charge in [0.2, 0.25) is 5.91 Å². The highest BCUT2D eigenvalue weighted by atomic mass is 19.1. The average molecular weight is 449 g/mol. The Morgan fingerprint density at radius 2 is 1.75 bits per heavy atom. The first-order valence-corrected chi connectivity index (χ1v) is 9.79. The lowest BCUT2D eigenvalue weighted by molar-refractivity contribution is -0.127. The van der Waals surface area contributed by atoms with E-state index in [1.807, 2.05) is 0 Å². The van der Waals surface area contributed by atoms with Gasteiger partial charge in [-0.3, -0.25) is 9.59 Å². The van der Waals surface area contributed by atoms with Crippen molar-refractivity contribution in [1.29, 1.82) is 0 Å². The number of carbonyl (C=O) groups is 1. The monoisotopic (exact) mass is 449 g/mol. The summed E-state index contributed by atoms with van der Waals surface area (Å²) in [5.74, 6) is -3.23. The number of carbonyl (C=O) groups excluding carboxylic acids is 1.